The lowest BCUT2D eigenvalue weighted by Crippen LogP contribution is -2.17. The fraction of sp³-hybridized carbons (Fsp3) is 0.267. The molecule has 1 N–H and O–H groups in total. The summed E-state index contributed by atoms with van der Waals surface area (Å²) in [7, 11) is 1.90. The van der Waals surface area contributed by atoms with Gasteiger partial charge in [0.1, 0.15) is 16.0 Å². The van der Waals surface area contributed by atoms with Gasteiger partial charge in [-0.3, -0.25) is 4.79 Å². The van der Waals surface area contributed by atoms with E-state index < -0.39 is 0 Å². The van der Waals surface area contributed by atoms with Crippen molar-refractivity contribution in [3.8, 4) is 10.6 Å². The number of nitrogens with zero attached hydrogens (tertiary/aromatic N) is 3. The van der Waals surface area contributed by atoms with Crippen molar-refractivity contribution in [3.05, 3.63) is 44.6 Å². The largest absolute Gasteiger partial charge is 0.351 e. The number of halogens is 1. The van der Waals surface area contributed by atoms with Gasteiger partial charge in [-0.2, -0.15) is 0 Å². The summed E-state index contributed by atoms with van der Waals surface area (Å²) >= 11 is 9.26. The fourth-order valence-corrected chi connectivity index (χ4v) is 3.97. The number of rotatable bonds is 5. The molecule has 0 radical (unpaired) electrons. The second-order valence-corrected chi connectivity index (χ2v) is 7.53. The molecule has 0 unspecified atom stereocenters. The third kappa shape index (κ3) is 3.80. The highest BCUT2D eigenvalue weighted by molar-refractivity contribution is 7.16. The van der Waals surface area contributed by atoms with Crippen LogP contribution in [0.5, 0.6) is 0 Å². The van der Waals surface area contributed by atoms with Gasteiger partial charge in [-0.1, -0.05) is 11.6 Å². The lowest BCUT2D eigenvalue weighted by atomic mass is 10.3. The van der Waals surface area contributed by atoms with E-state index in [4.69, 9.17) is 11.6 Å². The van der Waals surface area contributed by atoms with Crippen LogP contribution in [0.25, 0.3) is 10.6 Å². The number of hydrogen-bond acceptors (Lipinski definition) is 5. The molecular formula is C15H15ClN4OS2. The topological polar surface area (TPSA) is 59.8 Å². The van der Waals surface area contributed by atoms with Gasteiger partial charge in [0.05, 0.1) is 29.7 Å². The minimum atomic E-state index is -0.0235. The average molecular weight is 367 g/mol. The zero-order valence-corrected chi connectivity index (χ0v) is 15.1. The maximum absolute atomic E-state index is 11.0. The van der Waals surface area contributed by atoms with Crippen LogP contribution in [0, 0.1) is 0 Å². The van der Waals surface area contributed by atoms with Crippen molar-refractivity contribution < 1.29 is 4.79 Å². The Kier molecular flexibility index (Phi) is 4.79. The predicted molar refractivity (Wildman–Crippen MR) is 94.0 cm³/mol. The summed E-state index contributed by atoms with van der Waals surface area (Å²) in [5.74, 6) is 0.873. The van der Waals surface area contributed by atoms with Crippen LogP contribution in [0.4, 0.5) is 0 Å². The van der Waals surface area contributed by atoms with Crippen LogP contribution in [0.3, 0.4) is 0 Å². The van der Waals surface area contributed by atoms with Crippen LogP contribution in [-0.2, 0) is 24.8 Å². The molecule has 0 atom stereocenters. The number of carbonyl (C=O) groups excluding carboxylic acids is 1. The monoisotopic (exact) mass is 366 g/mol. The Bertz CT molecular complexity index is 836. The number of hydrogen-bond donors (Lipinski definition) is 1. The SMILES string of the molecule is CC(=O)NCc1ccc(-c2csc(Cc3ncc(Cl)n3C)n2)s1. The summed E-state index contributed by atoms with van der Waals surface area (Å²) in [6.45, 7) is 2.08. The number of thiazole rings is 1. The lowest BCUT2D eigenvalue weighted by molar-refractivity contribution is -0.119. The molecule has 0 saturated carbocycles. The number of nitrogens with one attached hydrogen (secondary N) is 1. The van der Waals surface area contributed by atoms with Crippen molar-refractivity contribution in [3.63, 3.8) is 0 Å². The van der Waals surface area contributed by atoms with E-state index in [-0.39, 0.29) is 5.91 Å². The van der Waals surface area contributed by atoms with Crippen LogP contribution >= 0.6 is 34.3 Å². The van der Waals surface area contributed by atoms with Gasteiger partial charge in [-0.05, 0) is 12.1 Å². The van der Waals surface area contributed by atoms with Gasteiger partial charge in [-0.25, -0.2) is 9.97 Å². The van der Waals surface area contributed by atoms with E-state index in [1.54, 1.807) is 28.9 Å². The molecule has 0 aromatic carbocycles. The zero-order chi connectivity index (χ0) is 16.4. The molecule has 120 valence electrons. The smallest absolute Gasteiger partial charge is 0.217 e. The van der Waals surface area contributed by atoms with Crippen LogP contribution in [0.2, 0.25) is 5.15 Å². The van der Waals surface area contributed by atoms with Crippen LogP contribution in [0.15, 0.2) is 23.7 Å². The Morgan fingerprint density at radius 3 is 2.96 bits per heavy atom. The number of amides is 1. The summed E-state index contributed by atoms with van der Waals surface area (Å²) in [6.07, 6.45) is 2.32. The van der Waals surface area contributed by atoms with E-state index in [0.29, 0.717) is 18.1 Å². The van der Waals surface area contributed by atoms with Crippen molar-refractivity contribution >= 4 is 40.2 Å². The van der Waals surface area contributed by atoms with Crippen molar-refractivity contribution in [1.82, 2.24) is 19.9 Å². The van der Waals surface area contributed by atoms with Gasteiger partial charge in [-0.15, -0.1) is 22.7 Å². The highest BCUT2D eigenvalue weighted by atomic mass is 35.5. The summed E-state index contributed by atoms with van der Waals surface area (Å²) in [5.41, 5.74) is 0.962. The first-order chi connectivity index (χ1) is 11.0. The molecule has 0 aliphatic carbocycles. The number of imidazole rings is 1. The highest BCUT2D eigenvalue weighted by Crippen LogP contribution is 2.29. The Balaban J connectivity index is 1.71. The molecule has 5 nitrogen and oxygen atoms in total. The lowest BCUT2D eigenvalue weighted by Gasteiger charge is -1.99. The first-order valence-electron chi connectivity index (χ1n) is 6.97. The van der Waals surface area contributed by atoms with E-state index in [2.05, 4.69) is 15.3 Å². The summed E-state index contributed by atoms with van der Waals surface area (Å²) in [4.78, 5) is 22.2. The van der Waals surface area contributed by atoms with Gasteiger partial charge < -0.3 is 9.88 Å². The minimum Gasteiger partial charge on any atom is -0.351 e. The maximum atomic E-state index is 11.0. The van der Waals surface area contributed by atoms with Gasteiger partial charge in [0.25, 0.3) is 0 Å². The molecule has 0 aliphatic heterocycles. The van der Waals surface area contributed by atoms with E-state index in [9.17, 15) is 4.79 Å². The first-order valence-corrected chi connectivity index (χ1v) is 9.04. The third-order valence-corrected chi connectivity index (χ3v) is 5.62. The van der Waals surface area contributed by atoms with Gasteiger partial charge in [0, 0.05) is 24.2 Å². The van der Waals surface area contributed by atoms with Crippen molar-refractivity contribution in [2.75, 3.05) is 0 Å². The van der Waals surface area contributed by atoms with Gasteiger partial charge >= 0.3 is 0 Å². The standard InChI is InChI=1S/C15H15ClN4OS2/c1-9(21)17-6-10-3-4-12(23-10)11-8-22-15(19-11)5-14-18-7-13(16)20(14)2/h3-4,7-8H,5-6H2,1-2H3,(H,17,21). The van der Waals surface area contributed by atoms with E-state index in [1.165, 1.54) is 6.92 Å². The minimum absolute atomic E-state index is 0.0235. The number of carbonyl (C=O) groups is 1. The highest BCUT2D eigenvalue weighted by Gasteiger charge is 2.11. The maximum Gasteiger partial charge on any atom is 0.217 e. The molecule has 0 aliphatic rings. The summed E-state index contributed by atoms with van der Waals surface area (Å²) in [5, 5.41) is 6.48. The molecule has 0 bridgehead atoms. The van der Waals surface area contributed by atoms with Crippen LogP contribution in [0.1, 0.15) is 22.6 Å². The molecule has 0 spiro atoms. The number of thiophene rings is 1. The van der Waals surface area contributed by atoms with Crippen molar-refractivity contribution in [1.29, 1.82) is 0 Å². The van der Waals surface area contributed by atoms with E-state index in [0.717, 1.165) is 26.3 Å². The fourth-order valence-electron chi connectivity index (χ4n) is 2.05. The Hall–Kier alpha value is -1.70. The van der Waals surface area contributed by atoms with Crippen molar-refractivity contribution in [2.24, 2.45) is 7.05 Å². The molecule has 3 rings (SSSR count). The van der Waals surface area contributed by atoms with Gasteiger partial charge in [0.15, 0.2) is 0 Å². The quantitative estimate of drug-likeness (QED) is 0.752. The number of aromatic nitrogens is 3. The van der Waals surface area contributed by atoms with Crippen LogP contribution in [-0.4, -0.2) is 20.4 Å². The summed E-state index contributed by atoms with van der Waals surface area (Å²) in [6, 6.07) is 4.06. The molecule has 0 saturated heterocycles. The van der Waals surface area contributed by atoms with E-state index >= 15 is 0 Å². The Morgan fingerprint density at radius 1 is 1.43 bits per heavy atom. The van der Waals surface area contributed by atoms with Crippen LogP contribution < -0.4 is 5.32 Å². The second kappa shape index (κ2) is 6.82. The van der Waals surface area contributed by atoms with E-state index in [1.807, 2.05) is 29.1 Å². The van der Waals surface area contributed by atoms with Crippen molar-refractivity contribution in [2.45, 2.75) is 19.9 Å². The second-order valence-electron chi connectivity index (χ2n) is 5.04. The molecule has 23 heavy (non-hydrogen) atoms. The first kappa shape index (κ1) is 16.2. The molecule has 0 fully saturated rings. The molecule has 8 heteroatoms. The average Bonchev–Trinajstić information content (AvgIpc) is 3.22. The molecule has 3 aromatic heterocycles. The molecule has 3 aromatic rings. The normalized spacial score (nSPS) is 10.9. The Morgan fingerprint density at radius 2 is 2.26 bits per heavy atom. The molecular weight excluding hydrogens is 352 g/mol. The summed E-state index contributed by atoms with van der Waals surface area (Å²) < 4.78 is 1.86. The molecule has 3 heterocycles. The zero-order valence-electron chi connectivity index (χ0n) is 12.7. The predicted octanol–water partition coefficient (Wildman–Crippen LogP) is 3.49. The Labute approximate surface area is 147 Å². The van der Waals surface area contributed by atoms with Gasteiger partial charge in [0.2, 0.25) is 5.91 Å². The molecule has 1 amide bonds. The third-order valence-electron chi connectivity index (χ3n) is 3.31.